The summed E-state index contributed by atoms with van der Waals surface area (Å²) in [7, 11) is 0. The smallest absolute Gasteiger partial charge is 0.335 e. The fourth-order valence-corrected chi connectivity index (χ4v) is 2.64. The third kappa shape index (κ3) is 4.56. The number of aromatic carboxylic acids is 1. The average Bonchev–Trinajstić information content (AvgIpc) is 2.56. The number of nitrogens with one attached hydrogen (secondary N) is 1. The van der Waals surface area contributed by atoms with Crippen LogP contribution in [-0.2, 0) is 11.1 Å². The van der Waals surface area contributed by atoms with E-state index < -0.39 is 17.0 Å². The number of carbonyl (C=O) groups is 1. The summed E-state index contributed by atoms with van der Waals surface area (Å²) >= 11 is -2.39. The van der Waals surface area contributed by atoms with Gasteiger partial charge in [-0.2, -0.15) is 0 Å². The number of carboxylic acid groups (broad SMARTS) is 1. The molecule has 0 saturated heterocycles. The Morgan fingerprint density at radius 2 is 1.96 bits per heavy atom. The van der Waals surface area contributed by atoms with Gasteiger partial charge in [0, 0.05) is 6.54 Å². The van der Waals surface area contributed by atoms with E-state index in [-0.39, 0.29) is 16.2 Å². The molecule has 0 fully saturated rings. The molecule has 0 aliphatic heterocycles. The molecule has 0 heterocycles. The standard InChI is InChI=1S/C17H19NO5S/c1-2-3-9-18-14-10-12(17(19)20)11-15(24(21)22)16(14)23-13-7-5-4-6-8-13/h4-8,10-11,18H,2-3,9H2,1H3,(H,19,20)(H,21,22). The number of para-hydroxylation sites is 1. The van der Waals surface area contributed by atoms with Gasteiger partial charge in [-0.25, -0.2) is 9.00 Å². The van der Waals surface area contributed by atoms with Crippen molar-refractivity contribution < 1.29 is 23.4 Å². The number of hydrogen-bond acceptors (Lipinski definition) is 4. The van der Waals surface area contributed by atoms with Crippen LogP contribution in [0.4, 0.5) is 5.69 Å². The van der Waals surface area contributed by atoms with Crippen molar-refractivity contribution in [2.24, 2.45) is 0 Å². The molecule has 0 aliphatic rings. The van der Waals surface area contributed by atoms with Gasteiger partial charge in [0.2, 0.25) is 0 Å². The Hall–Kier alpha value is -2.38. The Kier molecular flexibility index (Phi) is 6.34. The minimum absolute atomic E-state index is 0.0770. The number of rotatable bonds is 8. The molecule has 0 saturated carbocycles. The molecule has 0 aliphatic carbocycles. The van der Waals surface area contributed by atoms with Gasteiger partial charge in [0.15, 0.2) is 16.8 Å². The fourth-order valence-electron chi connectivity index (χ4n) is 2.10. The second kappa shape index (κ2) is 8.47. The molecule has 0 radical (unpaired) electrons. The first kappa shape index (κ1) is 18.0. The molecule has 24 heavy (non-hydrogen) atoms. The van der Waals surface area contributed by atoms with Crippen molar-refractivity contribution >= 4 is 22.7 Å². The summed E-state index contributed by atoms with van der Waals surface area (Å²) < 4.78 is 27.0. The molecular formula is C17H19NO5S. The molecular weight excluding hydrogens is 330 g/mol. The first-order valence-electron chi connectivity index (χ1n) is 7.52. The lowest BCUT2D eigenvalue weighted by Crippen LogP contribution is -2.08. The Balaban J connectivity index is 2.49. The molecule has 2 rings (SSSR count). The van der Waals surface area contributed by atoms with Crippen LogP contribution in [0.2, 0.25) is 0 Å². The third-order valence-electron chi connectivity index (χ3n) is 3.30. The highest BCUT2D eigenvalue weighted by Gasteiger charge is 2.20. The van der Waals surface area contributed by atoms with Crippen LogP contribution in [0.15, 0.2) is 47.4 Å². The van der Waals surface area contributed by atoms with Gasteiger partial charge in [-0.15, -0.1) is 0 Å². The number of unbranched alkanes of at least 4 members (excludes halogenated alkanes) is 1. The van der Waals surface area contributed by atoms with Crippen molar-refractivity contribution in [2.75, 3.05) is 11.9 Å². The largest absolute Gasteiger partial charge is 0.478 e. The molecule has 3 N–H and O–H groups in total. The van der Waals surface area contributed by atoms with Crippen LogP contribution in [0.3, 0.4) is 0 Å². The van der Waals surface area contributed by atoms with E-state index in [1.165, 1.54) is 6.07 Å². The molecule has 0 spiro atoms. The second-order valence-electron chi connectivity index (χ2n) is 5.10. The maximum atomic E-state index is 11.7. The zero-order valence-electron chi connectivity index (χ0n) is 13.2. The Morgan fingerprint density at radius 1 is 1.25 bits per heavy atom. The highest BCUT2D eigenvalue weighted by molar-refractivity contribution is 7.79. The highest BCUT2D eigenvalue weighted by Crippen LogP contribution is 2.36. The molecule has 0 amide bonds. The van der Waals surface area contributed by atoms with Gasteiger partial charge in [0.05, 0.1) is 11.3 Å². The average molecular weight is 349 g/mol. The molecule has 0 bridgehead atoms. The number of benzene rings is 2. The van der Waals surface area contributed by atoms with Gasteiger partial charge < -0.3 is 19.7 Å². The third-order valence-corrected chi connectivity index (χ3v) is 3.98. The number of anilines is 1. The molecule has 2 aromatic carbocycles. The topological polar surface area (TPSA) is 95.9 Å². The van der Waals surface area contributed by atoms with Crippen LogP contribution >= 0.6 is 0 Å². The Labute approximate surface area is 142 Å². The second-order valence-corrected chi connectivity index (χ2v) is 6.04. The molecule has 7 heteroatoms. The summed E-state index contributed by atoms with van der Waals surface area (Å²) in [6.07, 6.45) is 1.83. The van der Waals surface area contributed by atoms with Gasteiger partial charge in [-0.3, -0.25) is 0 Å². The minimum atomic E-state index is -2.39. The quantitative estimate of drug-likeness (QED) is 0.493. The van der Waals surface area contributed by atoms with E-state index in [1.807, 2.05) is 13.0 Å². The predicted molar refractivity (Wildman–Crippen MR) is 92.4 cm³/mol. The lowest BCUT2D eigenvalue weighted by molar-refractivity contribution is 0.0696. The van der Waals surface area contributed by atoms with E-state index in [4.69, 9.17) is 4.74 Å². The van der Waals surface area contributed by atoms with Crippen molar-refractivity contribution in [3.8, 4) is 11.5 Å². The van der Waals surface area contributed by atoms with E-state index in [9.17, 15) is 18.7 Å². The van der Waals surface area contributed by atoms with E-state index in [0.29, 0.717) is 18.0 Å². The minimum Gasteiger partial charge on any atom is -0.478 e. The number of hydrogen-bond donors (Lipinski definition) is 3. The lowest BCUT2D eigenvalue weighted by Gasteiger charge is -2.16. The lowest BCUT2D eigenvalue weighted by atomic mass is 10.1. The zero-order valence-corrected chi connectivity index (χ0v) is 14.0. The van der Waals surface area contributed by atoms with Crippen LogP contribution in [0, 0.1) is 0 Å². The maximum absolute atomic E-state index is 11.7. The Morgan fingerprint density at radius 3 is 2.54 bits per heavy atom. The monoisotopic (exact) mass is 349 g/mol. The first-order valence-corrected chi connectivity index (χ1v) is 8.62. The summed E-state index contributed by atoms with van der Waals surface area (Å²) in [4.78, 5) is 11.2. The van der Waals surface area contributed by atoms with Gasteiger partial charge in [-0.1, -0.05) is 31.5 Å². The molecule has 1 unspecified atom stereocenters. The van der Waals surface area contributed by atoms with Crippen LogP contribution in [0.1, 0.15) is 30.1 Å². The maximum Gasteiger partial charge on any atom is 0.335 e. The van der Waals surface area contributed by atoms with Crippen molar-refractivity contribution in [3.05, 3.63) is 48.0 Å². The van der Waals surface area contributed by atoms with Crippen molar-refractivity contribution in [3.63, 3.8) is 0 Å². The Bertz CT molecular complexity index is 733. The van der Waals surface area contributed by atoms with Crippen LogP contribution in [0.5, 0.6) is 11.5 Å². The van der Waals surface area contributed by atoms with Crippen LogP contribution in [-0.4, -0.2) is 26.4 Å². The molecule has 0 aromatic heterocycles. The first-order chi connectivity index (χ1) is 11.5. The molecule has 2 aromatic rings. The van der Waals surface area contributed by atoms with Gasteiger partial charge in [0.1, 0.15) is 10.6 Å². The molecule has 128 valence electrons. The summed E-state index contributed by atoms with van der Waals surface area (Å²) in [6, 6.07) is 11.4. The van der Waals surface area contributed by atoms with E-state index >= 15 is 0 Å². The van der Waals surface area contributed by atoms with Gasteiger partial charge >= 0.3 is 5.97 Å². The van der Waals surface area contributed by atoms with E-state index in [1.54, 1.807) is 24.3 Å². The van der Waals surface area contributed by atoms with Crippen LogP contribution < -0.4 is 10.1 Å². The molecule has 6 nitrogen and oxygen atoms in total. The van der Waals surface area contributed by atoms with E-state index in [0.717, 1.165) is 18.9 Å². The van der Waals surface area contributed by atoms with Crippen molar-refractivity contribution in [1.29, 1.82) is 0 Å². The normalized spacial score (nSPS) is 11.8. The van der Waals surface area contributed by atoms with Gasteiger partial charge in [-0.05, 0) is 30.7 Å². The van der Waals surface area contributed by atoms with E-state index in [2.05, 4.69) is 5.32 Å². The van der Waals surface area contributed by atoms with Crippen LogP contribution in [0.25, 0.3) is 0 Å². The summed E-state index contributed by atoms with van der Waals surface area (Å²) in [5.74, 6) is -0.527. The summed E-state index contributed by atoms with van der Waals surface area (Å²) in [6.45, 7) is 2.63. The summed E-state index contributed by atoms with van der Waals surface area (Å²) in [5, 5.41) is 12.3. The van der Waals surface area contributed by atoms with Gasteiger partial charge in [0.25, 0.3) is 0 Å². The zero-order chi connectivity index (χ0) is 17.5. The predicted octanol–water partition coefficient (Wildman–Crippen LogP) is 3.97. The van der Waals surface area contributed by atoms with Crippen molar-refractivity contribution in [1.82, 2.24) is 0 Å². The summed E-state index contributed by atoms with van der Waals surface area (Å²) in [5.41, 5.74) is 0.302. The number of ether oxygens (including phenoxy) is 1. The fraction of sp³-hybridized carbons (Fsp3) is 0.235. The van der Waals surface area contributed by atoms with Crippen molar-refractivity contribution in [2.45, 2.75) is 24.7 Å². The highest BCUT2D eigenvalue weighted by atomic mass is 32.2. The molecule has 1 atom stereocenters. The number of carboxylic acids is 1. The SMILES string of the molecule is CCCCNc1cc(C(=O)O)cc(S(=O)O)c1Oc1ccccc1.